The van der Waals surface area contributed by atoms with E-state index in [2.05, 4.69) is 4.90 Å². The van der Waals surface area contributed by atoms with E-state index >= 15 is 0 Å². The minimum Gasteiger partial charge on any atom is -0.339 e. The second-order valence-corrected chi connectivity index (χ2v) is 11.4. The van der Waals surface area contributed by atoms with Crippen molar-refractivity contribution in [3.05, 3.63) is 24.0 Å². The van der Waals surface area contributed by atoms with Crippen LogP contribution in [0, 0.1) is 5.92 Å². The van der Waals surface area contributed by atoms with Crippen molar-refractivity contribution >= 4 is 27.0 Å². The van der Waals surface area contributed by atoms with Gasteiger partial charge in [-0.3, -0.25) is 4.79 Å². The van der Waals surface area contributed by atoms with Gasteiger partial charge in [0, 0.05) is 45.6 Å². The Bertz CT molecular complexity index is 1080. The molecule has 0 bridgehead atoms. The van der Waals surface area contributed by atoms with Gasteiger partial charge in [-0.25, -0.2) is 13.4 Å². The number of hydrogen-bond acceptors (Lipinski definition) is 4. The van der Waals surface area contributed by atoms with E-state index in [9.17, 15) is 13.2 Å². The fourth-order valence-electron chi connectivity index (χ4n) is 4.65. The first-order chi connectivity index (χ1) is 14.9. The minimum atomic E-state index is -3.48. The summed E-state index contributed by atoms with van der Waals surface area (Å²) in [5, 5.41) is 0. The van der Waals surface area contributed by atoms with Crippen LogP contribution in [0.1, 0.15) is 57.2 Å². The molecule has 1 aromatic carbocycles. The topological polar surface area (TPSA) is 75.5 Å². The fraction of sp³-hybridized carbons (Fsp3) is 0.652. The summed E-state index contributed by atoms with van der Waals surface area (Å²) in [7, 11) is -1.54. The molecule has 1 aliphatic heterocycles. The molecule has 0 N–H and O–H groups in total. The fourth-order valence-corrected chi connectivity index (χ4v) is 6.19. The van der Waals surface area contributed by atoms with Gasteiger partial charge in [-0.1, -0.05) is 6.42 Å². The smallest absolute Gasteiger partial charge is 0.243 e. The summed E-state index contributed by atoms with van der Waals surface area (Å²) in [4.78, 5) is 20.0. The molecule has 1 aromatic heterocycles. The van der Waals surface area contributed by atoms with Gasteiger partial charge in [-0.2, -0.15) is 4.31 Å². The van der Waals surface area contributed by atoms with Crippen molar-refractivity contribution in [3.8, 4) is 0 Å². The Morgan fingerprint density at radius 2 is 1.87 bits per heavy atom. The second kappa shape index (κ2) is 8.20. The first-order valence-electron chi connectivity index (χ1n) is 11.7. The monoisotopic (exact) mass is 444 g/mol. The molecule has 1 saturated heterocycles. The standard InChI is InChI=1S/C23H32N4O3S/c1-25-21-10-9-19(31(29,30)26-13-3-2-4-14-26)15-20(21)24-22(25)11-12-23(28)27(18-7-8-18)16-17-5-6-17/h9-10,15,17-18H,2-8,11-14,16H2,1H3. The molecule has 3 fully saturated rings. The number of rotatable bonds is 8. The Kier molecular flexibility index (Phi) is 5.54. The molecule has 0 spiro atoms. The molecule has 2 aliphatic carbocycles. The van der Waals surface area contributed by atoms with Gasteiger partial charge in [0.15, 0.2) is 0 Å². The molecule has 2 aromatic rings. The lowest BCUT2D eigenvalue weighted by Crippen LogP contribution is -2.35. The third-order valence-corrected chi connectivity index (χ3v) is 8.81. The molecule has 0 radical (unpaired) electrons. The van der Waals surface area contributed by atoms with E-state index in [1.807, 2.05) is 17.7 Å². The average molecular weight is 445 g/mol. The van der Waals surface area contributed by atoms with Crippen LogP contribution < -0.4 is 0 Å². The molecular weight excluding hydrogens is 412 g/mol. The highest BCUT2D eigenvalue weighted by molar-refractivity contribution is 7.89. The quantitative estimate of drug-likeness (QED) is 0.627. The van der Waals surface area contributed by atoms with Gasteiger partial charge in [-0.15, -0.1) is 0 Å². The lowest BCUT2D eigenvalue weighted by molar-refractivity contribution is -0.132. The van der Waals surface area contributed by atoms with Crippen LogP contribution in [0.4, 0.5) is 0 Å². The normalized spacial score (nSPS) is 20.3. The number of amides is 1. The van der Waals surface area contributed by atoms with E-state index in [1.54, 1.807) is 16.4 Å². The zero-order valence-corrected chi connectivity index (χ0v) is 19.1. The number of sulfonamides is 1. The van der Waals surface area contributed by atoms with Crippen LogP contribution in [0.2, 0.25) is 0 Å². The Hall–Kier alpha value is -1.93. The molecule has 5 rings (SSSR count). The molecule has 3 aliphatic rings. The molecule has 0 atom stereocenters. The second-order valence-electron chi connectivity index (χ2n) is 9.42. The van der Waals surface area contributed by atoms with Gasteiger partial charge >= 0.3 is 0 Å². The van der Waals surface area contributed by atoms with Crippen LogP contribution in [0.5, 0.6) is 0 Å². The molecule has 0 unspecified atom stereocenters. The largest absolute Gasteiger partial charge is 0.339 e. The van der Waals surface area contributed by atoms with Gasteiger partial charge in [0.05, 0.1) is 15.9 Å². The predicted octanol–water partition coefficient (Wildman–Crippen LogP) is 3.08. The van der Waals surface area contributed by atoms with Crippen LogP contribution in [0.15, 0.2) is 23.1 Å². The van der Waals surface area contributed by atoms with Gasteiger partial charge in [0.25, 0.3) is 0 Å². The van der Waals surface area contributed by atoms with Crippen LogP contribution in [-0.2, 0) is 28.3 Å². The van der Waals surface area contributed by atoms with Crippen molar-refractivity contribution < 1.29 is 13.2 Å². The van der Waals surface area contributed by atoms with E-state index in [-0.39, 0.29) is 5.91 Å². The van der Waals surface area contributed by atoms with E-state index in [0.717, 1.165) is 50.0 Å². The van der Waals surface area contributed by atoms with E-state index in [0.29, 0.717) is 48.3 Å². The molecule has 8 heteroatoms. The summed E-state index contributed by atoms with van der Waals surface area (Å²) in [5.41, 5.74) is 1.58. The van der Waals surface area contributed by atoms with Crippen molar-refractivity contribution in [1.29, 1.82) is 0 Å². The molecule has 168 valence electrons. The van der Waals surface area contributed by atoms with Crippen LogP contribution in [0.3, 0.4) is 0 Å². The van der Waals surface area contributed by atoms with Gasteiger partial charge < -0.3 is 9.47 Å². The van der Waals surface area contributed by atoms with Crippen molar-refractivity contribution in [2.24, 2.45) is 13.0 Å². The number of carbonyl (C=O) groups excluding carboxylic acids is 1. The number of carbonyl (C=O) groups is 1. The summed E-state index contributed by atoms with van der Waals surface area (Å²) < 4.78 is 29.6. The highest BCUT2D eigenvalue weighted by Crippen LogP contribution is 2.35. The van der Waals surface area contributed by atoms with Crippen molar-refractivity contribution in [2.75, 3.05) is 19.6 Å². The first-order valence-corrected chi connectivity index (χ1v) is 13.1. The summed E-state index contributed by atoms with van der Waals surface area (Å²) >= 11 is 0. The zero-order chi connectivity index (χ0) is 21.6. The Balaban J connectivity index is 1.31. The van der Waals surface area contributed by atoms with E-state index in [1.165, 1.54) is 12.8 Å². The molecule has 2 saturated carbocycles. The minimum absolute atomic E-state index is 0.231. The predicted molar refractivity (Wildman–Crippen MR) is 119 cm³/mol. The zero-order valence-electron chi connectivity index (χ0n) is 18.3. The summed E-state index contributed by atoms with van der Waals surface area (Å²) in [6, 6.07) is 5.67. The molecular formula is C23H32N4O3S. The first kappa shape index (κ1) is 20.9. The molecule has 31 heavy (non-hydrogen) atoms. The molecule has 2 heterocycles. The third kappa shape index (κ3) is 4.37. The van der Waals surface area contributed by atoms with Crippen molar-refractivity contribution in [3.63, 3.8) is 0 Å². The molecule has 7 nitrogen and oxygen atoms in total. The van der Waals surface area contributed by atoms with E-state index < -0.39 is 10.0 Å². The van der Waals surface area contributed by atoms with Crippen LogP contribution >= 0.6 is 0 Å². The van der Waals surface area contributed by atoms with Crippen LogP contribution in [0.25, 0.3) is 11.0 Å². The summed E-state index contributed by atoms with van der Waals surface area (Å²) in [6.07, 6.45) is 8.74. The number of aryl methyl sites for hydroxylation is 2. The highest BCUT2D eigenvalue weighted by atomic mass is 32.2. The van der Waals surface area contributed by atoms with Gasteiger partial charge in [0.2, 0.25) is 15.9 Å². The summed E-state index contributed by atoms with van der Waals surface area (Å²) in [6.45, 7) is 2.10. The lowest BCUT2D eigenvalue weighted by Gasteiger charge is -2.25. The number of piperidine rings is 1. The number of fused-ring (bicyclic) bond motifs is 1. The Labute approximate surface area is 184 Å². The number of aromatic nitrogens is 2. The number of imidazole rings is 1. The Morgan fingerprint density at radius 1 is 1.13 bits per heavy atom. The van der Waals surface area contributed by atoms with Crippen LogP contribution in [-0.4, -0.2) is 58.8 Å². The van der Waals surface area contributed by atoms with Crippen molar-refractivity contribution in [1.82, 2.24) is 18.8 Å². The maximum absolute atomic E-state index is 13.0. The third-order valence-electron chi connectivity index (χ3n) is 6.92. The SMILES string of the molecule is Cn1c(CCC(=O)N(CC2CC2)C2CC2)nc2cc(S(=O)(=O)N3CCCCC3)ccc21. The number of nitrogens with zero attached hydrogens (tertiary/aromatic N) is 4. The summed E-state index contributed by atoms with van der Waals surface area (Å²) in [5.74, 6) is 1.77. The number of benzene rings is 1. The lowest BCUT2D eigenvalue weighted by atomic mass is 10.2. The van der Waals surface area contributed by atoms with Gasteiger partial charge in [-0.05, 0) is 62.6 Å². The average Bonchev–Trinajstić information content (AvgIpc) is 3.70. The number of hydrogen-bond donors (Lipinski definition) is 0. The maximum atomic E-state index is 13.0. The van der Waals surface area contributed by atoms with E-state index in [4.69, 9.17) is 4.98 Å². The highest BCUT2D eigenvalue weighted by Gasteiger charge is 2.36. The van der Waals surface area contributed by atoms with Gasteiger partial charge in [0.1, 0.15) is 5.82 Å². The molecule has 1 amide bonds. The Morgan fingerprint density at radius 3 is 2.55 bits per heavy atom. The maximum Gasteiger partial charge on any atom is 0.243 e. The van der Waals surface area contributed by atoms with Crippen molar-refractivity contribution in [2.45, 2.75) is 68.7 Å².